The molecule has 0 saturated heterocycles. The Kier molecular flexibility index (Phi) is 5.23. The third kappa shape index (κ3) is 3.66. The molecule has 0 bridgehead atoms. The summed E-state index contributed by atoms with van der Waals surface area (Å²) >= 11 is 0. The topological polar surface area (TPSA) is 94.0 Å². The molecule has 0 unspecified atom stereocenters. The van der Waals surface area contributed by atoms with E-state index < -0.39 is 44.5 Å². The molecule has 2 aliphatic carbocycles. The van der Waals surface area contributed by atoms with E-state index in [4.69, 9.17) is 0 Å². The fraction of sp³-hybridized carbons (Fsp3) is 0.435. The second-order valence-electron chi connectivity index (χ2n) is 9.07. The maximum absolute atomic E-state index is 15.3. The van der Waals surface area contributed by atoms with Gasteiger partial charge < -0.3 is 9.88 Å². The summed E-state index contributed by atoms with van der Waals surface area (Å²) < 4.78 is 68.9. The molecule has 7 nitrogen and oxygen atoms in total. The SMILES string of the molecule is Cc1nc(N[C@H](C)c2cccc(S(=O)(=O)C3CC3)c2F)c2cn(C3(C(F)F)CC3)c(=O)cc2n1. The summed E-state index contributed by atoms with van der Waals surface area (Å²) in [6, 6.07) is 4.73. The van der Waals surface area contributed by atoms with Crippen molar-refractivity contribution in [3.8, 4) is 0 Å². The van der Waals surface area contributed by atoms with Gasteiger partial charge in [-0.15, -0.1) is 0 Å². The Morgan fingerprint density at radius 3 is 2.53 bits per heavy atom. The highest BCUT2D eigenvalue weighted by molar-refractivity contribution is 7.92. The molecule has 0 aliphatic heterocycles. The first-order valence-corrected chi connectivity index (χ1v) is 12.6. The van der Waals surface area contributed by atoms with Gasteiger partial charge in [0.05, 0.1) is 22.2 Å². The normalized spacial score (nSPS) is 18.3. The maximum Gasteiger partial charge on any atom is 0.261 e. The molecule has 11 heteroatoms. The second-order valence-corrected chi connectivity index (χ2v) is 11.3. The van der Waals surface area contributed by atoms with Crippen molar-refractivity contribution < 1.29 is 21.6 Å². The number of aromatic nitrogens is 3. The summed E-state index contributed by atoms with van der Waals surface area (Å²) in [4.78, 5) is 20.9. The van der Waals surface area contributed by atoms with Crippen LogP contribution < -0.4 is 10.9 Å². The highest BCUT2D eigenvalue weighted by Gasteiger charge is 2.53. The first kappa shape index (κ1) is 22.8. The summed E-state index contributed by atoms with van der Waals surface area (Å²) in [6.45, 7) is 3.26. The maximum atomic E-state index is 15.3. The monoisotopic (exact) mass is 492 g/mol. The van der Waals surface area contributed by atoms with Crippen molar-refractivity contribution in [3.63, 3.8) is 0 Å². The zero-order valence-corrected chi connectivity index (χ0v) is 19.4. The highest BCUT2D eigenvalue weighted by atomic mass is 32.2. The number of nitrogens with zero attached hydrogens (tertiary/aromatic N) is 3. The molecule has 0 amide bonds. The minimum Gasteiger partial charge on any atom is -0.363 e. The molecule has 180 valence electrons. The molecule has 1 aromatic carbocycles. The minimum atomic E-state index is -3.73. The molecule has 2 heterocycles. The van der Waals surface area contributed by atoms with E-state index in [1.54, 1.807) is 13.8 Å². The summed E-state index contributed by atoms with van der Waals surface area (Å²) in [7, 11) is -3.73. The number of rotatable bonds is 7. The quantitative estimate of drug-likeness (QED) is 0.534. The first-order valence-electron chi connectivity index (χ1n) is 11.0. The molecule has 2 aromatic heterocycles. The number of anilines is 1. The van der Waals surface area contributed by atoms with E-state index in [2.05, 4.69) is 15.3 Å². The van der Waals surface area contributed by atoms with E-state index in [1.807, 2.05) is 0 Å². The average molecular weight is 493 g/mol. The lowest BCUT2D eigenvalue weighted by Gasteiger charge is -2.21. The van der Waals surface area contributed by atoms with Crippen LogP contribution in [-0.2, 0) is 15.4 Å². The summed E-state index contributed by atoms with van der Waals surface area (Å²) in [5.41, 5.74) is -1.70. The highest BCUT2D eigenvalue weighted by Crippen LogP contribution is 2.48. The number of fused-ring (bicyclic) bond motifs is 1. The van der Waals surface area contributed by atoms with Gasteiger partial charge in [0.1, 0.15) is 27.9 Å². The zero-order valence-electron chi connectivity index (χ0n) is 18.6. The fourth-order valence-electron chi connectivity index (χ4n) is 4.29. The predicted molar refractivity (Wildman–Crippen MR) is 120 cm³/mol. The van der Waals surface area contributed by atoms with Crippen LogP contribution in [0.3, 0.4) is 0 Å². The van der Waals surface area contributed by atoms with Gasteiger partial charge in [-0.05, 0) is 45.6 Å². The van der Waals surface area contributed by atoms with Crippen molar-refractivity contribution in [1.82, 2.24) is 14.5 Å². The fourth-order valence-corrected chi connectivity index (χ4v) is 6.04. The van der Waals surface area contributed by atoms with Gasteiger partial charge in [0.15, 0.2) is 9.84 Å². The van der Waals surface area contributed by atoms with Gasteiger partial charge in [0.2, 0.25) is 0 Å². The van der Waals surface area contributed by atoms with E-state index in [-0.39, 0.29) is 34.6 Å². The third-order valence-electron chi connectivity index (χ3n) is 6.57. The van der Waals surface area contributed by atoms with Gasteiger partial charge in [0, 0.05) is 17.8 Å². The minimum absolute atomic E-state index is 0.130. The summed E-state index contributed by atoms with van der Waals surface area (Å²) in [6.07, 6.45) is 0.0527. The van der Waals surface area contributed by atoms with Crippen molar-refractivity contribution in [2.75, 3.05) is 5.32 Å². The summed E-state index contributed by atoms with van der Waals surface area (Å²) in [5, 5.41) is 2.86. The Bertz CT molecular complexity index is 1460. The third-order valence-corrected chi connectivity index (χ3v) is 8.85. The van der Waals surface area contributed by atoms with Crippen LogP contribution >= 0.6 is 0 Å². The number of benzene rings is 1. The Morgan fingerprint density at radius 2 is 1.91 bits per heavy atom. The van der Waals surface area contributed by atoms with Crippen LogP contribution in [-0.4, -0.2) is 34.6 Å². The van der Waals surface area contributed by atoms with E-state index in [0.29, 0.717) is 24.1 Å². The van der Waals surface area contributed by atoms with Crippen LogP contribution in [0.5, 0.6) is 0 Å². The zero-order chi connectivity index (χ0) is 24.4. The molecule has 0 radical (unpaired) electrons. The van der Waals surface area contributed by atoms with Gasteiger partial charge >= 0.3 is 0 Å². The molecule has 34 heavy (non-hydrogen) atoms. The molecule has 5 rings (SSSR count). The van der Waals surface area contributed by atoms with Gasteiger partial charge in [0.25, 0.3) is 12.0 Å². The van der Waals surface area contributed by atoms with Crippen LogP contribution in [0, 0.1) is 12.7 Å². The molecule has 2 saturated carbocycles. The molecule has 2 fully saturated rings. The molecule has 1 atom stereocenters. The van der Waals surface area contributed by atoms with Crippen LogP contribution in [0.2, 0.25) is 0 Å². The van der Waals surface area contributed by atoms with Crippen molar-refractivity contribution in [2.45, 2.75) is 67.7 Å². The Labute approximate surface area is 194 Å². The number of halogens is 3. The van der Waals surface area contributed by atoms with Crippen LogP contribution in [0.1, 0.15) is 50.0 Å². The standard InChI is InChI=1S/C23H23F3N4O3S/c1-12(15-4-3-5-18(20(15)24)34(32,33)14-6-7-14)27-21-16-11-30(23(8-9-23)22(25)26)19(31)10-17(16)28-13(2)29-21/h3-5,10-12,14,22H,6-9H2,1-2H3,(H,27,28,29)/t12-/m1/s1. The van der Waals surface area contributed by atoms with E-state index in [0.717, 1.165) is 4.57 Å². The van der Waals surface area contributed by atoms with Crippen molar-refractivity contribution in [3.05, 3.63) is 58.0 Å². The number of aryl methyl sites for hydroxylation is 1. The second kappa shape index (κ2) is 7.79. The lowest BCUT2D eigenvalue weighted by Crippen LogP contribution is -2.35. The van der Waals surface area contributed by atoms with E-state index >= 15 is 4.39 Å². The Morgan fingerprint density at radius 1 is 1.21 bits per heavy atom. The molecular formula is C23H23F3N4O3S. The largest absolute Gasteiger partial charge is 0.363 e. The lowest BCUT2D eigenvalue weighted by atomic mass is 10.1. The first-order chi connectivity index (χ1) is 16.0. The molecular weight excluding hydrogens is 469 g/mol. The van der Waals surface area contributed by atoms with Gasteiger partial charge in [-0.1, -0.05) is 12.1 Å². The number of pyridine rings is 1. The lowest BCUT2D eigenvalue weighted by molar-refractivity contribution is 0.0654. The van der Waals surface area contributed by atoms with Crippen molar-refractivity contribution in [1.29, 1.82) is 0 Å². The van der Waals surface area contributed by atoms with Crippen molar-refractivity contribution in [2.24, 2.45) is 0 Å². The van der Waals surface area contributed by atoms with E-state index in [1.165, 1.54) is 30.5 Å². The van der Waals surface area contributed by atoms with Crippen LogP contribution in [0.4, 0.5) is 19.0 Å². The Hall–Kier alpha value is -2.95. The molecule has 1 N–H and O–H groups in total. The van der Waals surface area contributed by atoms with Gasteiger partial charge in [-0.3, -0.25) is 4.79 Å². The van der Waals surface area contributed by atoms with Gasteiger partial charge in [-0.2, -0.15) is 0 Å². The molecule has 2 aliphatic rings. The number of sulfone groups is 1. The summed E-state index contributed by atoms with van der Waals surface area (Å²) in [5.74, 6) is -0.250. The Balaban J connectivity index is 1.56. The smallest absolute Gasteiger partial charge is 0.261 e. The van der Waals surface area contributed by atoms with E-state index in [9.17, 15) is 22.0 Å². The van der Waals surface area contributed by atoms with Crippen LogP contribution in [0.25, 0.3) is 10.9 Å². The number of hydrogen-bond acceptors (Lipinski definition) is 6. The molecule has 0 spiro atoms. The van der Waals surface area contributed by atoms with Gasteiger partial charge in [-0.25, -0.2) is 31.6 Å². The average Bonchev–Trinajstić information content (AvgIpc) is 3.66. The molecule has 3 aromatic rings. The number of nitrogens with one attached hydrogen (secondary N) is 1. The predicted octanol–water partition coefficient (Wildman–Crippen LogP) is 4.10. The van der Waals surface area contributed by atoms with Crippen LogP contribution in [0.15, 0.2) is 40.2 Å². The van der Waals surface area contributed by atoms with Crippen molar-refractivity contribution >= 4 is 26.6 Å². The number of hydrogen-bond donors (Lipinski definition) is 1. The number of alkyl halides is 2.